The van der Waals surface area contributed by atoms with Gasteiger partial charge in [-0.15, -0.1) is 22.7 Å². The number of ether oxygens (including phenoxy) is 1. The number of hydrogen-bond acceptors (Lipinski definition) is 6. The van der Waals surface area contributed by atoms with Gasteiger partial charge >= 0.3 is 5.97 Å². The first kappa shape index (κ1) is 15.0. The first-order chi connectivity index (χ1) is 10.7. The van der Waals surface area contributed by atoms with Gasteiger partial charge in [0, 0.05) is 4.88 Å². The number of carbonyl (C=O) groups excluding carboxylic acids is 1. The topological polar surface area (TPSA) is 52.3 Å². The molecule has 0 aliphatic heterocycles. The van der Waals surface area contributed by atoms with Crippen molar-refractivity contribution < 1.29 is 13.9 Å². The fourth-order valence-electron chi connectivity index (χ4n) is 1.97. The Morgan fingerprint density at radius 1 is 1.27 bits per heavy atom. The van der Waals surface area contributed by atoms with Crippen molar-refractivity contribution in [1.82, 2.24) is 4.98 Å². The fourth-order valence-corrected chi connectivity index (χ4v) is 3.33. The number of nitrogens with zero attached hydrogens (tertiary/aromatic N) is 1. The first-order valence-corrected chi connectivity index (χ1v) is 8.66. The van der Waals surface area contributed by atoms with E-state index in [2.05, 4.69) is 4.98 Å². The van der Waals surface area contributed by atoms with E-state index in [-0.39, 0.29) is 12.6 Å². The van der Waals surface area contributed by atoms with E-state index in [4.69, 9.17) is 9.15 Å². The number of carbonyl (C=O) groups is 1. The third-order valence-corrected chi connectivity index (χ3v) is 4.94. The van der Waals surface area contributed by atoms with Crippen LogP contribution >= 0.6 is 22.7 Å². The summed E-state index contributed by atoms with van der Waals surface area (Å²) in [5.41, 5.74) is 0.674. The number of rotatable bonds is 6. The molecule has 0 unspecified atom stereocenters. The molecule has 3 aromatic rings. The van der Waals surface area contributed by atoms with Gasteiger partial charge in [0.25, 0.3) is 0 Å². The minimum atomic E-state index is -0.214. The Balaban J connectivity index is 1.54. The number of hydrogen-bond donors (Lipinski definition) is 0. The van der Waals surface area contributed by atoms with E-state index >= 15 is 0 Å². The molecule has 0 aliphatic rings. The molecule has 3 aromatic heterocycles. The van der Waals surface area contributed by atoms with E-state index in [9.17, 15) is 4.79 Å². The zero-order valence-electron chi connectivity index (χ0n) is 12.1. The molecule has 4 nitrogen and oxygen atoms in total. The molecule has 0 fully saturated rings. The lowest BCUT2D eigenvalue weighted by Crippen LogP contribution is -2.06. The predicted molar refractivity (Wildman–Crippen MR) is 87.0 cm³/mol. The van der Waals surface area contributed by atoms with Crippen LogP contribution in [-0.4, -0.2) is 11.0 Å². The van der Waals surface area contributed by atoms with Crippen molar-refractivity contribution in [1.29, 1.82) is 0 Å². The average molecular weight is 333 g/mol. The third-order valence-electron chi connectivity index (χ3n) is 3.15. The Labute approximate surface area is 136 Å². The summed E-state index contributed by atoms with van der Waals surface area (Å²) in [6.07, 6.45) is 1.10. The van der Waals surface area contributed by atoms with E-state index < -0.39 is 0 Å². The van der Waals surface area contributed by atoms with Crippen molar-refractivity contribution in [2.24, 2.45) is 0 Å². The summed E-state index contributed by atoms with van der Waals surface area (Å²) in [6, 6.07) is 7.90. The molecule has 0 aliphatic carbocycles. The van der Waals surface area contributed by atoms with Crippen molar-refractivity contribution in [3.8, 4) is 10.8 Å². The van der Waals surface area contributed by atoms with Crippen LogP contribution in [0.1, 0.15) is 22.8 Å². The normalized spacial score (nSPS) is 10.8. The standard InChI is InChI=1S/C16H15NO3S2/c1-11-13(17-16(20-11)14-5-3-9-22-14)10-19-15(18)7-6-12-4-2-8-21-12/h2-5,8-9H,6-7,10H2,1H3. The van der Waals surface area contributed by atoms with Gasteiger partial charge in [-0.2, -0.15) is 0 Å². The molecule has 22 heavy (non-hydrogen) atoms. The molecule has 3 heterocycles. The van der Waals surface area contributed by atoms with Gasteiger partial charge in [0.2, 0.25) is 5.89 Å². The minimum absolute atomic E-state index is 0.157. The highest BCUT2D eigenvalue weighted by molar-refractivity contribution is 7.13. The second-order valence-corrected chi connectivity index (χ2v) is 6.72. The molecule has 0 saturated heterocycles. The summed E-state index contributed by atoms with van der Waals surface area (Å²) < 4.78 is 10.9. The van der Waals surface area contributed by atoms with E-state index in [0.29, 0.717) is 23.8 Å². The lowest BCUT2D eigenvalue weighted by Gasteiger charge is -2.02. The maximum atomic E-state index is 11.8. The van der Waals surface area contributed by atoms with Gasteiger partial charge in [0.1, 0.15) is 18.1 Å². The Morgan fingerprint density at radius 2 is 2.09 bits per heavy atom. The van der Waals surface area contributed by atoms with Crippen LogP contribution in [0.2, 0.25) is 0 Å². The van der Waals surface area contributed by atoms with Crippen LogP contribution in [0.15, 0.2) is 39.4 Å². The minimum Gasteiger partial charge on any atom is -0.459 e. The highest BCUT2D eigenvalue weighted by atomic mass is 32.1. The highest BCUT2D eigenvalue weighted by Crippen LogP contribution is 2.26. The Hall–Kier alpha value is -1.92. The zero-order chi connectivity index (χ0) is 15.4. The maximum absolute atomic E-state index is 11.8. The lowest BCUT2D eigenvalue weighted by atomic mass is 10.3. The molecular formula is C16H15NO3S2. The molecule has 0 bridgehead atoms. The van der Waals surface area contributed by atoms with Crippen LogP contribution in [0.3, 0.4) is 0 Å². The predicted octanol–water partition coefficient (Wildman–Crippen LogP) is 4.45. The average Bonchev–Trinajstić information content (AvgIpc) is 3.24. The Bertz CT molecular complexity index is 730. The van der Waals surface area contributed by atoms with Gasteiger partial charge in [0.15, 0.2) is 0 Å². The number of aromatic nitrogens is 1. The quantitative estimate of drug-likeness (QED) is 0.625. The molecule has 6 heteroatoms. The molecule has 114 valence electrons. The van der Waals surface area contributed by atoms with E-state index in [1.807, 2.05) is 41.9 Å². The van der Waals surface area contributed by atoms with Crippen molar-refractivity contribution in [3.63, 3.8) is 0 Å². The van der Waals surface area contributed by atoms with Gasteiger partial charge in [-0.3, -0.25) is 4.79 Å². The molecular weight excluding hydrogens is 318 g/mol. The molecule has 3 rings (SSSR count). The van der Waals surface area contributed by atoms with Gasteiger partial charge in [0.05, 0.1) is 11.3 Å². The zero-order valence-corrected chi connectivity index (χ0v) is 13.7. The van der Waals surface area contributed by atoms with Crippen molar-refractivity contribution >= 4 is 28.6 Å². The summed E-state index contributed by atoms with van der Waals surface area (Å²) in [4.78, 5) is 18.3. The summed E-state index contributed by atoms with van der Waals surface area (Å²) in [5, 5.41) is 3.98. The first-order valence-electron chi connectivity index (χ1n) is 6.90. The summed E-state index contributed by atoms with van der Waals surface area (Å²) in [7, 11) is 0. The smallest absolute Gasteiger partial charge is 0.306 e. The molecule has 0 spiro atoms. The van der Waals surface area contributed by atoms with Crippen molar-refractivity contribution in [3.05, 3.63) is 51.4 Å². The summed E-state index contributed by atoms with van der Waals surface area (Å²) in [6.45, 7) is 1.99. The molecule has 0 atom stereocenters. The van der Waals surface area contributed by atoms with Crippen LogP contribution in [-0.2, 0) is 22.6 Å². The van der Waals surface area contributed by atoms with Crippen LogP contribution in [0, 0.1) is 6.92 Å². The number of thiophene rings is 2. The van der Waals surface area contributed by atoms with E-state index in [1.54, 1.807) is 22.7 Å². The molecule has 0 N–H and O–H groups in total. The second kappa shape index (κ2) is 6.89. The lowest BCUT2D eigenvalue weighted by molar-refractivity contribution is -0.145. The maximum Gasteiger partial charge on any atom is 0.306 e. The van der Waals surface area contributed by atoms with Crippen LogP contribution in [0.4, 0.5) is 0 Å². The van der Waals surface area contributed by atoms with Crippen molar-refractivity contribution in [2.45, 2.75) is 26.4 Å². The van der Waals surface area contributed by atoms with E-state index in [0.717, 1.165) is 11.3 Å². The molecule has 0 radical (unpaired) electrons. The van der Waals surface area contributed by atoms with Crippen LogP contribution in [0.25, 0.3) is 10.8 Å². The molecule has 0 aromatic carbocycles. The molecule has 0 saturated carbocycles. The summed E-state index contributed by atoms with van der Waals surface area (Å²) in [5.74, 6) is 1.06. The van der Waals surface area contributed by atoms with Crippen LogP contribution < -0.4 is 0 Å². The fraction of sp³-hybridized carbons (Fsp3) is 0.250. The van der Waals surface area contributed by atoms with Gasteiger partial charge in [-0.05, 0) is 36.2 Å². The summed E-state index contributed by atoms with van der Waals surface area (Å²) >= 11 is 3.22. The number of aryl methyl sites for hydroxylation is 2. The van der Waals surface area contributed by atoms with Gasteiger partial charge in [-0.25, -0.2) is 4.98 Å². The highest BCUT2D eigenvalue weighted by Gasteiger charge is 2.14. The van der Waals surface area contributed by atoms with Gasteiger partial charge < -0.3 is 9.15 Å². The third kappa shape index (κ3) is 3.64. The number of esters is 1. The monoisotopic (exact) mass is 333 g/mol. The second-order valence-electron chi connectivity index (χ2n) is 4.74. The van der Waals surface area contributed by atoms with Crippen LogP contribution in [0.5, 0.6) is 0 Å². The molecule has 0 amide bonds. The number of oxazole rings is 1. The largest absolute Gasteiger partial charge is 0.459 e. The Morgan fingerprint density at radius 3 is 2.82 bits per heavy atom. The van der Waals surface area contributed by atoms with Crippen molar-refractivity contribution in [2.75, 3.05) is 0 Å². The van der Waals surface area contributed by atoms with Gasteiger partial charge in [-0.1, -0.05) is 12.1 Å². The van der Waals surface area contributed by atoms with E-state index in [1.165, 1.54) is 4.88 Å². The SMILES string of the molecule is Cc1oc(-c2cccs2)nc1COC(=O)CCc1cccs1. The Kier molecular flexibility index (Phi) is 4.70.